The lowest BCUT2D eigenvalue weighted by atomic mass is 10.1. The second-order valence-corrected chi connectivity index (χ2v) is 8.34. The van der Waals surface area contributed by atoms with Crippen molar-refractivity contribution in [2.24, 2.45) is 11.5 Å². The smallest absolute Gasteiger partial charge is 0.319 e. The van der Waals surface area contributed by atoms with E-state index in [-0.39, 0.29) is 31.1 Å². The van der Waals surface area contributed by atoms with E-state index >= 15 is 0 Å². The second-order valence-electron chi connectivity index (χ2n) is 7.01. The zero-order chi connectivity index (χ0) is 20.7. The second kappa shape index (κ2) is 9.82. The highest BCUT2D eigenvalue weighted by Gasteiger charge is 2.15. The Labute approximate surface area is 158 Å². The van der Waals surface area contributed by atoms with E-state index < -0.39 is 19.8 Å². The minimum absolute atomic E-state index is 0.00581. The number of hydrogen-bond acceptors (Lipinski definition) is 7. The number of carbonyl (C=O) groups excluding carboxylic acids is 2. The van der Waals surface area contributed by atoms with Gasteiger partial charge in [0.1, 0.15) is 18.9 Å². The fraction of sp³-hybridized carbons (Fsp3) is 0.500. The van der Waals surface area contributed by atoms with Gasteiger partial charge in [0.2, 0.25) is 11.8 Å². The molecule has 27 heavy (non-hydrogen) atoms. The molecule has 0 radical (unpaired) electrons. The van der Waals surface area contributed by atoms with Gasteiger partial charge >= 0.3 is 7.82 Å². The fourth-order valence-electron chi connectivity index (χ4n) is 1.83. The van der Waals surface area contributed by atoms with Crippen LogP contribution in [-0.2, 0) is 18.7 Å². The SMILES string of the molecule is C[N+](C)(C)CCOP(=O)([O-])Oc1ccc(NC(=O)CC[C@@H](N)C(N)=O)cc1. The van der Waals surface area contributed by atoms with Crippen LogP contribution in [0.1, 0.15) is 12.8 Å². The van der Waals surface area contributed by atoms with Crippen LogP contribution in [-0.4, -0.2) is 56.6 Å². The summed E-state index contributed by atoms with van der Waals surface area (Å²) in [6.45, 7) is 0.506. The number of anilines is 1. The summed E-state index contributed by atoms with van der Waals surface area (Å²) in [6, 6.07) is 4.85. The molecule has 2 atom stereocenters. The van der Waals surface area contributed by atoms with Gasteiger partial charge in [0.25, 0.3) is 0 Å². The first-order valence-electron chi connectivity index (χ1n) is 8.28. The van der Waals surface area contributed by atoms with Crippen molar-refractivity contribution in [1.82, 2.24) is 0 Å². The average Bonchev–Trinajstić information content (AvgIpc) is 2.52. The van der Waals surface area contributed by atoms with E-state index in [2.05, 4.69) is 5.32 Å². The summed E-state index contributed by atoms with van der Waals surface area (Å²) in [5, 5.41) is 2.59. The Hall–Kier alpha value is -1.97. The first-order chi connectivity index (χ1) is 12.4. The summed E-state index contributed by atoms with van der Waals surface area (Å²) >= 11 is 0. The number of quaternary nitrogens is 1. The Morgan fingerprint density at radius 3 is 2.37 bits per heavy atom. The van der Waals surface area contributed by atoms with Gasteiger partial charge in [0.05, 0.1) is 27.2 Å². The van der Waals surface area contributed by atoms with Crippen LogP contribution in [0.4, 0.5) is 5.69 Å². The Morgan fingerprint density at radius 2 is 1.85 bits per heavy atom. The third-order valence-electron chi connectivity index (χ3n) is 3.41. The maximum atomic E-state index is 11.8. The molecule has 10 nitrogen and oxygen atoms in total. The lowest BCUT2D eigenvalue weighted by Gasteiger charge is -2.27. The number of nitrogens with zero attached hydrogens (tertiary/aromatic N) is 1. The molecule has 5 N–H and O–H groups in total. The molecule has 11 heteroatoms. The molecule has 0 aliphatic heterocycles. The molecule has 0 aliphatic carbocycles. The summed E-state index contributed by atoms with van der Waals surface area (Å²) in [5.74, 6) is -0.958. The number of nitrogens with two attached hydrogens (primary N) is 2. The molecule has 2 amide bonds. The lowest BCUT2D eigenvalue weighted by Crippen LogP contribution is -2.37. The summed E-state index contributed by atoms with van der Waals surface area (Å²) < 4.78 is 22.1. The zero-order valence-electron chi connectivity index (χ0n) is 15.7. The number of nitrogens with one attached hydrogen (secondary N) is 1. The zero-order valence-corrected chi connectivity index (χ0v) is 16.6. The van der Waals surface area contributed by atoms with Gasteiger partial charge in [0.15, 0.2) is 0 Å². The largest absolute Gasteiger partial charge is 0.746 e. The highest BCUT2D eigenvalue weighted by atomic mass is 31.2. The fourth-order valence-corrected chi connectivity index (χ4v) is 2.57. The lowest BCUT2D eigenvalue weighted by molar-refractivity contribution is -0.870. The Morgan fingerprint density at radius 1 is 1.26 bits per heavy atom. The summed E-state index contributed by atoms with van der Waals surface area (Å²) in [4.78, 5) is 34.4. The van der Waals surface area contributed by atoms with Crippen LogP contribution in [0.25, 0.3) is 0 Å². The molecule has 0 aromatic heterocycles. The van der Waals surface area contributed by atoms with E-state index in [4.69, 9.17) is 20.5 Å². The molecule has 152 valence electrons. The molecule has 1 aromatic carbocycles. The van der Waals surface area contributed by atoms with E-state index in [1.54, 1.807) is 0 Å². The maximum absolute atomic E-state index is 11.8. The molecule has 0 aliphatic rings. The Kier molecular flexibility index (Phi) is 8.39. The standard InChI is InChI=1S/C16H27N4O6P/c1-20(2,3)10-11-25-27(23,24)26-13-6-4-12(5-7-13)19-15(21)9-8-14(17)16(18)22/h4-7,14H,8-11,17H2,1-3H3,(H3-,18,19,21,22,23,24)/t14-/m1/s1. The first kappa shape index (κ1) is 23.1. The van der Waals surface area contributed by atoms with Crippen LogP contribution in [0, 0.1) is 0 Å². The minimum Gasteiger partial charge on any atom is -0.746 e. The number of benzene rings is 1. The van der Waals surface area contributed by atoms with Crippen LogP contribution in [0.5, 0.6) is 5.75 Å². The minimum atomic E-state index is -4.48. The van der Waals surface area contributed by atoms with Crippen molar-refractivity contribution >= 4 is 25.3 Å². The van der Waals surface area contributed by atoms with Gasteiger partial charge in [-0.1, -0.05) is 0 Å². The molecule has 0 fully saturated rings. The number of carbonyl (C=O) groups is 2. The van der Waals surface area contributed by atoms with Crippen molar-refractivity contribution in [3.05, 3.63) is 24.3 Å². The van der Waals surface area contributed by atoms with Crippen LogP contribution in [0.2, 0.25) is 0 Å². The number of likely N-dealkylation sites (N-methyl/N-ethyl adjacent to an activating group) is 1. The molecule has 0 heterocycles. The molecule has 0 bridgehead atoms. The van der Waals surface area contributed by atoms with Crippen LogP contribution >= 0.6 is 7.82 Å². The molecule has 1 unspecified atom stereocenters. The van der Waals surface area contributed by atoms with Crippen LogP contribution < -0.4 is 26.2 Å². The van der Waals surface area contributed by atoms with Crippen molar-refractivity contribution in [1.29, 1.82) is 0 Å². The molecule has 1 rings (SSSR count). The van der Waals surface area contributed by atoms with Gasteiger partial charge in [-0.05, 0) is 30.7 Å². The highest BCUT2D eigenvalue weighted by Crippen LogP contribution is 2.39. The monoisotopic (exact) mass is 402 g/mol. The number of phosphoric acid groups is 1. The van der Waals surface area contributed by atoms with Gasteiger partial charge in [0, 0.05) is 12.1 Å². The molecule has 0 saturated carbocycles. The topological polar surface area (TPSA) is 157 Å². The average molecular weight is 402 g/mol. The van der Waals surface area contributed by atoms with Gasteiger partial charge in [-0.2, -0.15) is 0 Å². The van der Waals surface area contributed by atoms with E-state index in [9.17, 15) is 19.0 Å². The number of primary amides is 1. The number of phosphoric ester groups is 1. The van der Waals surface area contributed by atoms with Gasteiger partial charge < -0.3 is 35.2 Å². The van der Waals surface area contributed by atoms with E-state index in [0.29, 0.717) is 16.7 Å². The van der Waals surface area contributed by atoms with Crippen molar-refractivity contribution in [3.63, 3.8) is 0 Å². The van der Waals surface area contributed by atoms with Crippen molar-refractivity contribution in [2.45, 2.75) is 18.9 Å². The quantitative estimate of drug-likeness (QED) is 0.341. The van der Waals surface area contributed by atoms with Gasteiger partial charge in [-0.15, -0.1) is 0 Å². The third-order valence-corrected chi connectivity index (χ3v) is 4.35. The highest BCUT2D eigenvalue weighted by molar-refractivity contribution is 7.46. The molecule has 0 spiro atoms. The van der Waals surface area contributed by atoms with Crippen molar-refractivity contribution in [3.8, 4) is 5.75 Å². The van der Waals surface area contributed by atoms with E-state index in [1.165, 1.54) is 24.3 Å². The first-order valence-corrected chi connectivity index (χ1v) is 9.74. The predicted molar refractivity (Wildman–Crippen MR) is 98.6 cm³/mol. The summed E-state index contributed by atoms with van der Waals surface area (Å²) in [5.41, 5.74) is 10.9. The van der Waals surface area contributed by atoms with Gasteiger partial charge in [-0.25, -0.2) is 0 Å². The molecular formula is C16H27N4O6P. The van der Waals surface area contributed by atoms with Crippen molar-refractivity contribution in [2.75, 3.05) is 39.6 Å². The summed E-state index contributed by atoms with van der Waals surface area (Å²) in [6.07, 6.45) is 0.157. The Balaban J connectivity index is 2.50. The number of amides is 2. The predicted octanol–water partition coefficient (Wildman–Crippen LogP) is -0.212. The van der Waals surface area contributed by atoms with E-state index in [0.717, 1.165) is 0 Å². The van der Waals surface area contributed by atoms with Crippen LogP contribution in [0.3, 0.4) is 0 Å². The number of hydrogen-bond donors (Lipinski definition) is 3. The van der Waals surface area contributed by atoms with Crippen molar-refractivity contribution < 1.29 is 32.6 Å². The Bertz CT molecular complexity index is 689. The number of rotatable bonds is 11. The normalized spacial score (nSPS) is 14.9. The molecule has 0 saturated heterocycles. The maximum Gasteiger partial charge on any atom is 0.319 e. The van der Waals surface area contributed by atoms with E-state index in [1.807, 2.05) is 21.1 Å². The van der Waals surface area contributed by atoms with Gasteiger partial charge in [-0.3, -0.25) is 14.2 Å². The molecule has 1 aromatic rings. The summed E-state index contributed by atoms with van der Waals surface area (Å²) in [7, 11) is 1.25. The third kappa shape index (κ3) is 10.1. The molecular weight excluding hydrogens is 375 g/mol. The van der Waals surface area contributed by atoms with Crippen LogP contribution in [0.15, 0.2) is 24.3 Å².